The van der Waals surface area contributed by atoms with Crippen LogP contribution < -0.4 is 5.73 Å². The van der Waals surface area contributed by atoms with Crippen molar-refractivity contribution in [2.45, 2.75) is 18.4 Å². The molecule has 4 nitrogen and oxygen atoms in total. The molecule has 1 saturated carbocycles. The minimum atomic E-state index is 0.310. The Bertz CT molecular complexity index is 415. The molecule has 2 N–H and O–H groups in total. The molecule has 2 unspecified atom stereocenters. The molecule has 1 aliphatic carbocycles. The molecule has 66 valence electrons. The monoisotopic (exact) mass is 174 g/mol. The van der Waals surface area contributed by atoms with Gasteiger partial charge in [-0.05, 0) is 12.5 Å². The van der Waals surface area contributed by atoms with E-state index < -0.39 is 0 Å². The Labute approximate surface area is 75.4 Å². The van der Waals surface area contributed by atoms with Crippen molar-refractivity contribution in [3.63, 3.8) is 0 Å². The van der Waals surface area contributed by atoms with Crippen LogP contribution in [0.2, 0.25) is 0 Å². The Morgan fingerprint density at radius 2 is 2.38 bits per heavy atom. The summed E-state index contributed by atoms with van der Waals surface area (Å²) in [6, 6.07) is 4.19. The van der Waals surface area contributed by atoms with Gasteiger partial charge in [-0.1, -0.05) is 0 Å². The van der Waals surface area contributed by atoms with E-state index in [4.69, 9.17) is 5.73 Å². The quantitative estimate of drug-likeness (QED) is 0.686. The molecule has 2 atom stereocenters. The van der Waals surface area contributed by atoms with E-state index in [1.54, 1.807) is 10.7 Å². The lowest BCUT2D eigenvalue weighted by Gasteiger charge is -1.87. The van der Waals surface area contributed by atoms with E-state index in [-0.39, 0.29) is 0 Å². The molecule has 1 aliphatic rings. The SMILES string of the molecule is NC1CC1c1cc2ncccn2n1. The van der Waals surface area contributed by atoms with E-state index in [9.17, 15) is 0 Å². The molecule has 2 heterocycles. The highest BCUT2D eigenvalue weighted by atomic mass is 15.2. The summed E-state index contributed by atoms with van der Waals surface area (Å²) >= 11 is 0. The molecule has 0 amide bonds. The zero-order chi connectivity index (χ0) is 8.84. The van der Waals surface area contributed by atoms with Gasteiger partial charge in [0.2, 0.25) is 0 Å². The first-order valence-corrected chi connectivity index (χ1v) is 4.40. The molecular weight excluding hydrogens is 164 g/mol. The van der Waals surface area contributed by atoms with Gasteiger partial charge in [-0.2, -0.15) is 5.10 Å². The number of hydrogen-bond donors (Lipinski definition) is 1. The normalized spacial score (nSPS) is 26.5. The maximum absolute atomic E-state index is 5.75. The summed E-state index contributed by atoms with van der Waals surface area (Å²) in [5.41, 5.74) is 7.73. The summed E-state index contributed by atoms with van der Waals surface area (Å²) in [4.78, 5) is 4.20. The second-order valence-corrected chi connectivity index (χ2v) is 3.50. The van der Waals surface area contributed by atoms with Crippen molar-refractivity contribution in [3.8, 4) is 0 Å². The molecule has 0 saturated heterocycles. The van der Waals surface area contributed by atoms with Gasteiger partial charge in [0, 0.05) is 30.4 Å². The highest BCUT2D eigenvalue weighted by molar-refractivity contribution is 5.41. The molecule has 0 aromatic carbocycles. The molecule has 0 spiro atoms. The lowest BCUT2D eigenvalue weighted by atomic mass is 10.3. The largest absolute Gasteiger partial charge is 0.327 e. The van der Waals surface area contributed by atoms with Gasteiger partial charge in [-0.25, -0.2) is 9.50 Å². The molecule has 13 heavy (non-hydrogen) atoms. The van der Waals surface area contributed by atoms with Crippen LogP contribution in [-0.4, -0.2) is 20.6 Å². The lowest BCUT2D eigenvalue weighted by molar-refractivity contribution is 0.863. The lowest BCUT2D eigenvalue weighted by Crippen LogP contribution is -2.01. The van der Waals surface area contributed by atoms with Crippen LogP contribution in [0, 0.1) is 0 Å². The van der Waals surface area contributed by atoms with E-state index in [0.29, 0.717) is 12.0 Å². The summed E-state index contributed by atoms with van der Waals surface area (Å²) in [6.45, 7) is 0. The summed E-state index contributed by atoms with van der Waals surface area (Å²) in [6.07, 6.45) is 4.73. The Kier molecular flexibility index (Phi) is 1.24. The molecule has 4 heteroatoms. The van der Waals surface area contributed by atoms with Crippen LogP contribution in [-0.2, 0) is 0 Å². The molecule has 2 aromatic heterocycles. The molecular formula is C9H10N4. The predicted molar refractivity (Wildman–Crippen MR) is 48.3 cm³/mol. The van der Waals surface area contributed by atoms with Crippen LogP contribution in [0.3, 0.4) is 0 Å². The molecule has 3 rings (SSSR count). The van der Waals surface area contributed by atoms with Crippen molar-refractivity contribution in [2.75, 3.05) is 0 Å². The van der Waals surface area contributed by atoms with Gasteiger partial charge in [-0.3, -0.25) is 0 Å². The smallest absolute Gasteiger partial charge is 0.155 e. The summed E-state index contributed by atoms with van der Waals surface area (Å²) in [7, 11) is 0. The third-order valence-electron chi connectivity index (χ3n) is 2.47. The highest BCUT2D eigenvalue weighted by Gasteiger charge is 2.36. The summed E-state index contributed by atoms with van der Waals surface area (Å²) < 4.78 is 1.79. The number of aromatic nitrogens is 3. The van der Waals surface area contributed by atoms with E-state index in [1.807, 2.05) is 18.3 Å². The fourth-order valence-electron chi connectivity index (χ4n) is 1.58. The molecule has 0 radical (unpaired) electrons. The van der Waals surface area contributed by atoms with Gasteiger partial charge in [0.25, 0.3) is 0 Å². The summed E-state index contributed by atoms with van der Waals surface area (Å²) in [5.74, 6) is 0.460. The van der Waals surface area contributed by atoms with E-state index in [2.05, 4.69) is 10.1 Å². The number of fused-ring (bicyclic) bond motifs is 1. The minimum Gasteiger partial charge on any atom is -0.327 e. The van der Waals surface area contributed by atoms with Crippen LogP contribution in [0.4, 0.5) is 0 Å². The number of rotatable bonds is 1. The van der Waals surface area contributed by atoms with Crippen molar-refractivity contribution in [2.24, 2.45) is 5.73 Å². The van der Waals surface area contributed by atoms with Gasteiger partial charge in [-0.15, -0.1) is 0 Å². The van der Waals surface area contributed by atoms with Crippen molar-refractivity contribution in [1.29, 1.82) is 0 Å². The first-order chi connectivity index (χ1) is 6.34. The van der Waals surface area contributed by atoms with Crippen molar-refractivity contribution >= 4 is 5.65 Å². The first-order valence-electron chi connectivity index (χ1n) is 4.40. The van der Waals surface area contributed by atoms with Gasteiger partial charge >= 0.3 is 0 Å². The van der Waals surface area contributed by atoms with Gasteiger partial charge < -0.3 is 5.73 Å². The van der Waals surface area contributed by atoms with Crippen LogP contribution in [0.15, 0.2) is 24.5 Å². The van der Waals surface area contributed by atoms with Gasteiger partial charge in [0.1, 0.15) is 0 Å². The van der Waals surface area contributed by atoms with Crippen LogP contribution >= 0.6 is 0 Å². The first kappa shape index (κ1) is 7.03. The number of nitrogens with two attached hydrogens (primary N) is 1. The molecule has 0 aliphatic heterocycles. The fraction of sp³-hybridized carbons (Fsp3) is 0.333. The van der Waals surface area contributed by atoms with E-state index in [0.717, 1.165) is 17.8 Å². The van der Waals surface area contributed by atoms with Crippen LogP contribution in [0.5, 0.6) is 0 Å². The maximum atomic E-state index is 5.75. The van der Waals surface area contributed by atoms with Crippen molar-refractivity contribution in [1.82, 2.24) is 14.6 Å². The van der Waals surface area contributed by atoms with E-state index in [1.165, 1.54) is 0 Å². The zero-order valence-electron chi connectivity index (χ0n) is 7.09. The van der Waals surface area contributed by atoms with Gasteiger partial charge in [0.15, 0.2) is 5.65 Å². The zero-order valence-corrected chi connectivity index (χ0v) is 7.09. The molecule has 2 aromatic rings. The average Bonchev–Trinajstić information content (AvgIpc) is 2.74. The van der Waals surface area contributed by atoms with Crippen LogP contribution in [0.1, 0.15) is 18.0 Å². The van der Waals surface area contributed by atoms with Crippen molar-refractivity contribution < 1.29 is 0 Å². The standard InChI is InChI=1S/C9H10N4/c10-7-4-6(7)8-5-9-11-2-1-3-13(9)12-8/h1-3,5-7H,4,10H2. The fourth-order valence-corrected chi connectivity index (χ4v) is 1.58. The minimum absolute atomic E-state index is 0.310. The third-order valence-corrected chi connectivity index (χ3v) is 2.47. The van der Waals surface area contributed by atoms with Gasteiger partial charge in [0.05, 0.1) is 5.69 Å². The second kappa shape index (κ2) is 2.29. The maximum Gasteiger partial charge on any atom is 0.155 e. The van der Waals surface area contributed by atoms with Crippen LogP contribution in [0.25, 0.3) is 5.65 Å². The molecule has 0 bridgehead atoms. The molecule has 1 fully saturated rings. The van der Waals surface area contributed by atoms with E-state index >= 15 is 0 Å². The Balaban J connectivity index is 2.12. The number of nitrogens with zero attached hydrogens (tertiary/aromatic N) is 3. The Morgan fingerprint density at radius 1 is 1.54 bits per heavy atom. The third kappa shape index (κ3) is 1.02. The average molecular weight is 174 g/mol. The van der Waals surface area contributed by atoms with Crippen molar-refractivity contribution in [3.05, 3.63) is 30.2 Å². The predicted octanol–water partition coefficient (Wildman–Crippen LogP) is 0.544. The Hall–Kier alpha value is -1.42. The summed E-state index contributed by atoms with van der Waals surface area (Å²) in [5, 5.41) is 4.40. The Morgan fingerprint density at radius 3 is 3.08 bits per heavy atom. The number of hydrogen-bond acceptors (Lipinski definition) is 3. The second-order valence-electron chi connectivity index (χ2n) is 3.50. The topological polar surface area (TPSA) is 56.2 Å². The highest BCUT2D eigenvalue weighted by Crippen LogP contribution is 2.38.